The van der Waals surface area contributed by atoms with E-state index in [1.807, 2.05) is 19.2 Å². The topological polar surface area (TPSA) is 21.3 Å². The normalized spacial score (nSPS) is 12.2. The van der Waals surface area contributed by atoms with E-state index in [2.05, 4.69) is 56.4 Å². The Hall–Kier alpha value is -1.80. The predicted molar refractivity (Wildman–Crippen MR) is 89.0 cm³/mol. The molecule has 1 unspecified atom stereocenters. The van der Waals surface area contributed by atoms with Crippen LogP contribution in [0.4, 0.5) is 0 Å². The molecular weight excluding hydrogens is 258 g/mol. The number of ether oxygens (including phenoxy) is 1. The fourth-order valence-corrected chi connectivity index (χ4v) is 2.46. The van der Waals surface area contributed by atoms with Gasteiger partial charge in [0.15, 0.2) is 0 Å². The SMILES string of the molecule is CNC(CCOc1cccc(C)c1)c1ccc(C)c(C)c1. The molecule has 0 aromatic heterocycles. The quantitative estimate of drug-likeness (QED) is 0.851. The van der Waals surface area contributed by atoms with Gasteiger partial charge in [0.25, 0.3) is 0 Å². The molecule has 0 fully saturated rings. The van der Waals surface area contributed by atoms with Gasteiger partial charge in [-0.15, -0.1) is 0 Å². The molecule has 1 atom stereocenters. The van der Waals surface area contributed by atoms with Crippen LogP contribution in [0.15, 0.2) is 42.5 Å². The third-order valence-electron chi connectivity index (χ3n) is 3.95. The zero-order valence-corrected chi connectivity index (χ0v) is 13.4. The molecule has 0 radical (unpaired) electrons. The Morgan fingerprint density at radius 3 is 2.48 bits per heavy atom. The highest BCUT2D eigenvalue weighted by molar-refractivity contribution is 5.32. The summed E-state index contributed by atoms with van der Waals surface area (Å²) in [4.78, 5) is 0. The van der Waals surface area contributed by atoms with Crippen molar-refractivity contribution in [1.82, 2.24) is 5.32 Å². The maximum absolute atomic E-state index is 5.85. The van der Waals surface area contributed by atoms with Crippen molar-refractivity contribution < 1.29 is 4.74 Å². The van der Waals surface area contributed by atoms with Crippen LogP contribution in [0.1, 0.15) is 34.7 Å². The van der Waals surface area contributed by atoms with E-state index in [0.29, 0.717) is 12.6 Å². The van der Waals surface area contributed by atoms with Crippen LogP contribution in [0.25, 0.3) is 0 Å². The number of aryl methyl sites for hydroxylation is 3. The Balaban J connectivity index is 1.94. The van der Waals surface area contributed by atoms with Gasteiger partial charge in [0.05, 0.1) is 6.61 Å². The van der Waals surface area contributed by atoms with Gasteiger partial charge in [-0.25, -0.2) is 0 Å². The second kappa shape index (κ2) is 7.28. The summed E-state index contributed by atoms with van der Waals surface area (Å²) in [5.74, 6) is 0.949. The fourth-order valence-electron chi connectivity index (χ4n) is 2.46. The lowest BCUT2D eigenvalue weighted by atomic mass is 9.99. The van der Waals surface area contributed by atoms with Crippen LogP contribution >= 0.6 is 0 Å². The molecule has 2 aromatic carbocycles. The minimum absolute atomic E-state index is 0.328. The van der Waals surface area contributed by atoms with Crippen LogP contribution in [0.5, 0.6) is 5.75 Å². The van der Waals surface area contributed by atoms with Crippen LogP contribution in [-0.2, 0) is 0 Å². The molecule has 0 amide bonds. The predicted octanol–water partition coefficient (Wildman–Crippen LogP) is 4.34. The maximum Gasteiger partial charge on any atom is 0.119 e. The Labute approximate surface area is 128 Å². The molecule has 2 rings (SSSR count). The second-order valence-electron chi connectivity index (χ2n) is 5.64. The molecule has 0 heterocycles. The third kappa shape index (κ3) is 4.33. The molecule has 2 aromatic rings. The van der Waals surface area contributed by atoms with Gasteiger partial charge in [-0.2, -0.15) is 0 Å². The molecule has 1 N–H and O–H groups in total. The first-order valence-corrected chi connectivity index (χ1v) is 7.54. The first-order valence-electron chi connectivity index (χ1n) is 7.54. The van der Waals surface area contributed by atoms with Crippen LogP contribution in [-0.4, -0.2) is 13.7 Å². The van der Waals surface area contributed by atoms with Gasteiger partial charge >= 0.3 is 0 Å². The fraction of sp³-hybridized carbons (Fsp3) is 0.368. The lowest BCUT2D eigenvalue weighted by molar-refractivity contribution is 0.290. The van der Waals surface area contributed by atoms with Crippen molar-refractivity contribution in [2.75, 3.05) is 13.7 Å². The summed E-state index contributed by atoms with van der Waals surface area (Å²) < 4.78 is 5.85. The minimum Gasteiger partial charge on any atom is -0.494 e. The van der Waals surface area contributed by atoms with E-state index < -0.39 is 0 Å². The molecule has 21 heavy (non-hydrogen) atoms. The van der Waals surface area contributed by atoms with Gasteiger partial charge in [0.2, 0.25) is 0 Å². The van der Waals surface area contributed by atoms with Crippen molar-refractivity contribution in [2.24, 2.45) is 0 Å². The van der Waals surface area contributed by atoms with Crippen molar-refractivity contribution in [3.05, 3.63) is 64.7 Å². The van der Waals surface area contributed by atoms with Crippen LogP contribution < -0.4 is 10.1 Å². The molecule has 112 valence electrons. The summed E-state index contributed by atoms with van der Waals surface area (Å²) in [6.45, 7) is 7.10. The van der Waals surface area contributed by atoms with Gasteiger partial charge in [0.1, 0.15) is 5.75 Å². The van der Waals surface area contributed by atoms with Gasteiger partial charge in [0, 0.05) is 12.5 Å². The molecule has 0 saturated heterocycles. The van der Waals surface area contributed by atoms with Crippen molar-refractivity contribution >= 4 is 0 Å². The lowest BCUT2D eigenvalue weighted by Crippen LogP contribution is -2.19. The van der Waals surface area contributed by atoms with Crippen LogP contribution in [0, 0.1) is 20.8 Å². The molecule has 0 saturated carbocycles. The molecule has 0 aliphatic carbocycles. The standard InChI is InChI=1S/C19H25NO/c1-14-6-5-7-18(12-14)21-11-10-19(20-4)17-9-8-15(2)16(3)13-17/h5-9,12-13,19-20H,10-11H2,1-4H3. The zero-order chi connectivity index (χ0) is 15.2. The minimum atomic E-state index is 0.328. The lowest BCUT2D eigenvalue weighted by Gasteiger charge is -2.18. The average Bonchev–Trinajstić information content (AvgIpc) is 2.47. The Morgan fingerprint density at radius 1 is 1.00 bits per heavy atom. The zero-order valence-electron chi connectivity index (χ0n) is 13.4. The number of benzene rings is 2. The second-order valence-corrected chi connectivity index (χ2v) is 5.64. The van der Waals surface area contributed by atoms with Crippen molar-refractivity contribution in [2.45, 2.75) is 33.2 Å². The summed E-state index contributed by atoms with van der Waals surface area (Å²) in [6, 6.07) is 15.2. The molecule has 0 bridgehead atoms. The molecule has 0 spiro atoms. The smallest absolute Gasteiger partial charge is 0.119 e. The summed E-state index contributed by atoms with van der Waals surface area (Å²) in [7, 11) is 2.01. The van der Waals surface area contributed by atoms with Gasteiger partial charge in [-0.05, 0) is 62.2 Å². The third-order valence-corrected chi connectivity index (χ3v) is 3.95. The van der Waals surface area contributed by atoms with Crippen molar-refractivity contribution in [3.63, 3.8) is 0 Å². The van der Waals surface area contributed by atoms with E-state index in [9.17, 15) is 0 Å². The Kier molecular flexibility index (Phi) is 5.40. The van der Waals surface area contributed by atoms with E-state index in [-0.39, 0.29) is 0 Å². The van der Waals surface area contributed by atoms with Crippen molar-refractivity contribution in [3.8, 4) is 5.75 Å². The van der Waals surface area contributed by atoms with Gasteiger partial charge < -0.3 is 10.1 Å². The molecule has 2 nitrogen and oxygen atoms in total. The summed E-state index contributed by atoms with van der Waals surface area (Å²) in [5.41, 5.74) is 5.23. The molecule has 0 aliphatic heterocycles. The highest BCUT2D eigenvalue weighted by Gasteiger charge is 2.10. The van der Waals surface area contributed by atoms with E-state index in [0.717, 1.165) is 12.2 Å². The monoisotopic (exact) mass is 283 g/mol. The Bertz CT molecular complexity index is 592. The van der Waals surface area contributed by atoms with Crippen LogP contribution in [0.2, 0.25) is 0 Å². The van der Waals surface area contributed by atoms with Gasteiger partial charge in [-0.1, -0.05) is 30.3 Å². The number of hydrogen-bond donors (Lipinski definition) is 1. The van der Waals surface area contributed by atoms with Crippen molar-refractivity contribution in [1.29, 1.82) is 0 Å². The highest BCUT2D eigenvalue weighted by Crippen LogP contribution is 2.20. The summed E-state index contributed by atoms with van der Waals surface area (Å²) in [6.07, 6.45) is 0.951. The number of hydrogen-bond acceptors (Lipinski definition) is 2. The van der Waals surface area contributed by atoms with Gasteiger partial charge in [-0.3, -0.25) is 0 Å². The molecule has 0 aliphatic rings. The van der Waals surface area contributed by atoms with E-state index in [4.69, 9.17) is 4.74 Å². The van der Waals surface area contributed by atoms with E-state index in [1.165, 1.54) is 22.3 Å². The largest absolute Gasteiger partial charge is 0.494 e. The number of nitrogens with one attached hydrogen (secondary N) is 1. The van der Waals surface area contributed by atoms with Crippen LogP contribution in [0.3, 0.4) is 0 Å². The summed E-state index contributed by atoms with van der Waals surface area (Å²) in [5, 5.41) is 3.38. The Morgan fingerprint density at radius 2 is 1.81 bits per heavy atom. The first kappa shape index (κ1) is 15.6. The molecular formula is C19H25NO. The molecule has 2 heteroatoms. The van der Waals surface area contributed by atoms with E-state index in [1.54, 1.807) is 0 Å². The van der Waals surface area contributed by atoms with E-state index >= 15 is 0 Å². The highest BCUT2D eigenvalue weighted by atomic mass is 16.5. The average molecular weight is 283 g/mol. The first-order chi connectivity index (χ1) is 10.1. The number of rotatable bonds is 6. The maximum atomic E-state index is 5.85. The summed E-state index contributed by atoms with van der Waals surface area (Å²) >= 11 is 0.